The van der Waals surface area contributed by atoms with Gasteiger partial charge in [-0.05, 0) is 31.0 Å². The standard InChI is InChI=1S/C16H26N2O2/c1-13(2)10-17-11-14(19)12-18-8-5-9-20-16-7-4-3-6-15(16)18/h3-4,6-7,13-14,17,19H,5,8-12H2,1-2H3. The summed E-state index contributed by atoms with van der Waals surface area (Å²) in [4.78, 5) is 2.23. The lowest BCUT2D eigenvalue weighted by molar-refractivity contribution is 0.175. The Hall–Kier alpha value is -1.26. The predicted molar refractivity (Wildman–Crippen MR) is 82.5 cm³/mol. The maximum absolute atomic E-state index is 10.2. The molecule has 4 heteroatoms. The molecule has 2 N–H and O–H groups in total. The number of hydrogen-bond acceptors (Lipinski definition) is 4. The summed E-state index contributed by atoms with van der Waals surface area (Å²) in [5.74, 6) is 1.53. The van der Waals surface area contributed by atoms with Crippen LogP contribution >= 0.6 is 0 Å². The zero-order chi connectivity index (χ0) is 14.4. The molecule has 0 aliphatic carbocycles. The van der Waals surface area contributed by atoms with Gasteiger partial charge in [0.05, 0.1) is 18.4 Å². The average Bonchev–Trinajstić information content (AvgIpc) is 2.61. The molecule has 0 saturated heterocycles. The van der Waals surface area contributed by atoms with Crippen LogP contribution < -0.4 is 15.0 Å². The van der Waals surface area contributed by atoms with Crippen LogP contribution in [0.15, 0.2) is 24.3 Å². The Labute approximate surface area is 121 Å². The molecule has 0 fully saturated rings. The van der Waals surface area contributed by atoms with E-state index in [1.54, 1.807) is 0 Å². The molecule has 4 nitrogen and oxygen atoms in total. The molecule has 0 bridgehead atoms. The SMILES string of the molecule is CC(C)CNCC(O)CN1CCCOc2ccccc21. The van der Waals surface area contributed by atoms with Gasteiger partial charge in [0.15, 0.2) is 0 Å². The van der Waals surface area contributed by atoms with Crippen LogP contribution in [0.1, 0.15) is 20.3 Å². The Bertz CT molecular complexity index is 409. The number of hydrogen-bond donors (Lipinski definition) is 2. The molecule has 1 atom stereocenters. The lowest BCUT2D eigenvalue weighted by Crippen LogP contribution is -2.39. The van der Waals surface area contributed by atoms with Crippen LogP contribution in [-0.2, 0) is 0 Å². The number of ether oxygens (including phenoxy) is 1. The van der Waals surface area contributed by atoms with Crippen molar-refractivity contribution in [3.8, 4) is 5.75 Å². The number of β-amino-alcohol motifs (C(OH)–C–C–N with tert-alkyl or cyclic N) is 1. The van der Waals surface area contributed by atoms with Gasteiger partial charge >= 0.3 is 0 Å². The highest BCUT2D eigenvalue weighted by Gasteiger charge is 2.18. The summed E-state index contributed by atoms with van der Waals surface area (Å²) < 4.78 is 5.73. The number of rotatable bonds is 6. The van der Waals surface area contributed by atoms with Crippen molar-refractivity contribution in [1.29, 1.82) is 0 Å². The van der Waals surface area contributed by atoms with E-state index in [0.717, 1.165) is 37.6 Å². The van der Waals surface area contributed by atoms with Crippen molar-refractivity contribution in [2.24, 2.45) is 5.92 Å². The number of para-hydroxylation sites is 2. The molecule has 2 rings (SSSR count). The predicted octanol–water partition coefficient (Wildman–Crippen LogP) is 1.88. The number of nitrogens with zero attached hydrogens (tertiary/aromatic N) is 1. The van der Waals surface area contributed by atoms with Crippen LogP contribution in [0.2, 0.25) is 0 Å². The molecular weight excluding hydrogens is 252 g/mol. The van der Waals surface area contributed by atoms with Crippen LogP contribution in [0.3, 0.4) is 0 Å². The summed E-state index contributed by atoms with van der Waals surface area (Å²) in [5.41, 5.74) is 1.09. The van der Waals surface area contributed by atoms with Gasteiger partial charge in [-0.2, -0.15) is 0 Å². The van der Waals surface area contributed by atoms with Crippen LogP contribution in [0.5, 0.6) is 5.75 Å². The van der Waals surface area contributed by atoms with Crippen LogP contribution in [-0.4, -0.2) is 44.0 Å². The fraction of sp³-hybridized carbons (Fsp3) is 0.625. The third kappa shape index (κ3) is 4.39. The zero-order valence-corrected chi connectivity index (χ0v) is 12.5. The number of nitrogens with one attached hydrogen (secondary N) is 1. The maximum Gasteiger partial charge on any atom is 0.142 e. The van der Waals surface area contributed by atoms with E-state index in [4.69, 9.17) is 4.74 Å². The highest BCUT2D eigenvalue weighted by atomic mass is 16.5. The molecule has 0 amide bonds. The van der Waals surface area contributed by atoms with Gasteiger partial charge in [-0.15, -0.1) is 0 Å². The van der Waals surface area contributed by atoms with E-state index < -0.39 is 0 Å². The molecule has 1 aromatic carbocycles. The Morgan fingerprint density at radius 3 is 2.90 bits per heavy atom. The molecule has 1 aliphatic heterocycles. The molecule has 0 spiro atoms. The summed E-state index contributed by atoms with van der Waals surface area (Å²) in [6.07, 6.45) is 0.626. The van der Waals surface area contributed by atoms with Gasteiger partial charge < -0.3 is 20.1 Å². The summed E-state index contributed by atoms with van der Waals surface area (Å²) in [5, 5.41) is 13.5. The van der Waals surface area contributed by atoms with Gasteiger partial charge in [0.25, 0.3) is 0 Å². The van der Waals surface area contributed by atoms with E-state index in [-0.39, 0.29) is 6.10 Å². The van der Waals surface area contributed by atoms with Crippen molar-refractivity contribution in [3.63, 3.8) is 0 Å². The number of anilines is 1. The molecule has 1 aromatic rings. The molecule has 1 heterocycles. The average molecular weight is 278 g/mol. The molecule has 0 radical (unpaired) electrons. The van der Waals surface area contributed by atoms with Gasteiger partial charge in [0, 0.05) is 19.6 Å². The van der Waals surface area contributed by atoms with Gasteiger partial charge in [0.1, 0.15) is 5.75 Å². The largest absolute Gasteiger partial charge is 0.491 e. The lowest BCUT2D eigenvalue weighted by Gasteiger charge is -2.26. The topological polar surface area (TPSA) is 44.7 Å². The Balaban J connectivity index is 1.91. The van der Waals surface area contributed by atoms with Crippen molar-refractivity contribution in [3.05, 3.63) is 24.3 Å². The first-order valence-corrected chi connectivity index (χ1v) is 7.52. The van der Waals surface area contributed by atoms with Gasteiger partial charge in [-0.3, -0.25) is 0 Å². The zero-order valence-electron chi connectivity index (χ0n) is 12.5. The highest BCUT2D eigenvalue weighted by Crippen LogP contribution is 2.30. The molecule has 112 valence electrons. The van der Waals surface area contributed by atoms with E-state index >= 15 is 0 Å². The minimum absolute atomic E-state index is 0.361. The first-order chi connectivity index (χ1) is 9.66. The molecule has 0 saturated carbocycles. The van der Waals surface area contributed by atoms with Crippen LogP contribution in [0.4, 0.5) is 5.69 Å². The number of fused-ring (bicyclic) bond motifs is 1. The van der Waals surface area contributed by atoms with Gasteiger partial charge in [0.2, 0.25) is 0 Å². The van der Waals surface area contributed by atoms with E-state index in [2.05, 4.69) is 30.1 Å². The quantitative estimate of drug-likeness (QED) is 0.834. The van der Waals surface area contributed by atoms with Crippen molar-refractivity contribution in [1.82, 2.24) is 5.32 Å². The Kier molecular flexibility index (Phi) is 5.68. The molecule has 1 unspecified atom stereocenters. The molecule has 20 heavy (non-hydrogen) atoms. The molecular formula is C16H26N2O2. The number of aliphatic hydroxyl groups is 1. The fourth-order valence-corrected chi connectivity index (χ4v) is 2.45. The first kappa shape index (κ1) is 15.1. The van der Waals surface area contributed by atoms with Crippen LogP contribution in [0.25, 0.3) is 0 Å². The second-order valence-electron chi connectivity index (χ2n) is 5.82. The minimum Gasteiger partial charge on any atom is -0.491 e. The van der Waals surface area contributed by atoms with Crippen molar-refractivity contribution >= 4 is 5.69 Å². The second kappa shape index (κ2) is 7.50. The number of aliphatic hydroxyl groups excluding tert-OH is 1. The summed E-state index contributed by atoms with van der Waals surface area (Å²) in [6.45, 7) is 8.23. The third-order valence-electron chi connectivity index (χ3n) is 3.40. The lowest BCUT2D eigenvalue weighted by atomic mass is 10.2. The summed E-state index contributed by atoms with van der Waals surface area (Å²) in [6, 6.07) is 8.07. The molecule has 1 aliphatic rings. The first-order valence-electron chi connectivity index (χ1n) is 7.52. The fourth-order valence-electron chi connectivity index (χ4n) is 2.45. The Morgan fingerprint density at radius 2 is 2.10 bits per heavy atom. The van der Waals surface area contributed by atoms with Crippen LogP contribution in [0, 0.1) is 5.92 Å². The molecule has 0 aromatic heterocycles. The third-order valence-corrected chi connectivity index (χ3v) is 3.40. The maximum atomic E-state index is 10.2. The summed E-state index contributed by atoms with van der Waals surface area (Å²) >= 11 is 0. The van der Waals surface area contributed by atoms with Gasteiger partial charge in [-0.25, -0.2) is 0 Å². The highest BCUT2D eigenvalue weighted by molar-refractivity contribution is 5.59. The summed E-state index contributed by atoms with van der Waals surface area (Å²) in [7, 11) is 0. The smallest absolute Gasteiger partial charge is 0.142 e. The minimum atomic E-state index is -0.361. The Morgan fingerprint density at radius 1 is 1.30 bits per heavy atom. The van der Waals surface area contributed by atoms with Gasteiger partial charge in [-0.1, -0.05) is 26.0 Å². The van der Waals surface area contributed by atoms with E-state index in [9.17, 15) is 5.11 Å². The van der Waals surface area contributed by atoms with E-state index in [1.165, 1.54) is 0 Å². The van der Waals surface area contributed by atoms with Crippen molar-refractivity contribution < 1.29 is 9.84 Å². The van der Waals surface area contributed by atoms with E-state index in [1.807, 2.05) is 18.2 Å². The number of benzene rings is 1. The second-order valence-corrected chi connectivity index (χ2v) is 5.82. The van der Waals surface area contributed by atoms with Crippen molar-refractivity contribution in [2.45, 2.75) is 26.4 Å². The monoisotopic (exact) mass is 278 g/mol. The van der Waals surface area contributed by atoms with E-state index in [0.29, 0.717) is 19.0 Å². The normalized spacial score (nSPS) is 16.5. The van der Waals surface area contributed by atoms with Crippen molar-refractivity contribution in [2.75, 3.05) is 37.7 Å².